The molecule has 2 saturated carbocycles. The monoisotopic (exact) mass is 364 g/mol. The molecule has 0 bridgehead atoms. The summed E-state index contributed by atoms with van der Waals surface area (Å²) in [6.45, 7) is 4.16. The maximum Gasteiger partial charge on any atom is 0.133 e. The highest BCUT2D eigenvalue weighted by Crippen LogP contribution is 2.37. The number of hydrogen-bond donors (Lipinski definition) is 0. The van der Waals surface area contributed by atoms with Gasteiger partial charge in [0.2, 0.25) is 0 Å². The van der Waals surface area contributed by atoms with Gasteiger partial charge < -0.3 is 9.80 Å². The van der Waals surface area contributed by atoms with Gasteiger partial charge in [0.1, 0.15) is 23.8 Å². The number of rotatable bonds is 5. The molecule has 3 aliphatic rings. The third-order valence-corrected chi connectivity index (χ3v) is 6.31. The van der Waals surface area contributed by atoms with Crippen molar-refractivity contribution in [1.82, 2.24) is 19.9 Å². The smallest absolute Gasteiger partial charge is 0.133 e. The molecule has 1 aliphatic heterocycles. The minimum absolute atomic E-state index is 0.566. The molecule has 0 unspecified atom stereocenters. The van der Waals surface area contributed by atoms with E-state index >= 15 is 0 Å². The van der Waals surface area contributed by atoms with Gasteiger partial charge in [-0.25, -0.2) is 19.9 Å². The first-order valence-corrected chi connectivity index (χ1v) is 10.4. The lowest BCUT2D eigenvalue weighted by atomic mass is 9.85. The summed E-state index contributed by atoms with van der Waals surface area (Å²) in [4.78, 5) is 23.3. The molecule has 0 N–H and O–H groups in total. The van der Waals surface area contributed by atoms with E-state index in [2.05, 4.69) is 36.9 Å². The van der Waals surface area contributed by atoms with E-state index in [4.69, 9.17) is 4.98 Å². The molecule has 2 aromatic heterocycles. The van der Waals surface area contributed by atoms with Crippen molar-refractivity contribution in [2.24, 2.45) is 0 Å². The van der Waals surface area contributed by atoms with Crippen molar-refractivity contribution in [2.45, 2.75) is 69.9 Å². The molecule has 5 rings (SSSR count). The minimum atomic E-state index is 0.566. The normalized spacial score (nSPS) is 21.1. The predicted molar refractivity (Wildman–Crippen MR) is 106 cm³/mol. The Balaban J connectivity index is 1.28. The lowest BCUT2D eigenvalue weighted by Gasteiger charge is -2.40. The Morgan fingerprint density at radius 3 is 2.41 bits per heavy atom. The maximum absolute atomic E-state index is 4.89. The minimum Gasteiger partial charge on any atom is -0.356 e. The third kappa shape index (κ3) is 3.49. The van der Waals surface area contributed by atoms with E-state index in [0.717, 1.165) is 49.1 Å². The van der Waals surface area contributed by atoms with Gasteiger partial charge in [-0.15, -0.1) is 0 Å². The van der Waals surface area contributed by atoms with Gasteiger partial charge >= 0.3 is 0 Å². The quantitative estimate of drug-likeness (QED) is 0.809. The average Bonchev–Trinajstić information content (AvgIpc) is 3.47. The first-order chi connectivity index (χ1) is 13.3. The second kappa shape index (κ2) is 7.06. The van der Waals surface area contributed by atoms with Gasteiger partial charge in [0.15, 0.2) is 0 Å². The van der Waals surface area contributed by atoms with Gasteiger partial charge in [0, 0.05) is 49.0 Å². The molecule has 0 radical (unpaired) electrons. The third-order valence-electron chi connectivity index (χ3n) is 6.31. The van der Waals surface area contributed by atoms with Crippen LogP contribution in [0.3, 0.4) is 0 Å². The van der Waals surface area contributed by atoms with Crippen molar-refractivity contribution in [2.75, 3.05) is 22.9 Å². The van der Waals surface area contributed by atoms with Crippen molar-refractivity contribution in [3.63, 3.8) is 0 Å². The molecule has 27 heavy (non-hydrogen) atoms. The fourth-order valence-electron chi connectivity index (χ4n) is 4.38. The Morgan fingerprint density at radius 2 is 1.74 bits per heavy atom. The number of aromatic nitrogens is 4. The van der Waals surface area contributed by atoms with E-state index in [0.29, 0.717) is 18.0 Å². The van der Waals surface area contributed by atoms with Crippen LogP contribution in [-0.4, -0.2) is 45.1 Å². The van der Waals surface area contributed by atoms with Crippen molar-refractivity contribution in [3.8, 4) is 0 Å². The molecule has 0 aromatic carbocycles. The first-order valence-electron chi connectivity index (χ1n) is 10.4. The highest BCUT2D eigenvalue weighted by molar-refractivity contribution is 5.45. The molecular weight excluding hydrogens is 336 g/mol. The first kappa shape index (κ1) is 16.9. The Kier molecular flexibility index (Phi) is 4.42. The average molecular weight is 364 g/mol. The van der Waals surface area contributed by atoms with Crippen molar-refractivity contribution < 1.29 is 0 Å². The summed E-state index contributed by atoms with van der Waals surface area (Å²) in [7, 11) is 0. The summed E-state index contributed by atoms with van der Waals surface area (Å²) < 4.78 is 0. The molecule has 142 valence electrons. The van der Waals surface area contributed by atoms with Crippen LogP contribution >= 0.6 is 0 Å². The van der Waals surface area contributed by atoms with E-state index in [1.54, 1.807) is 6.33 Å². The molecule has 0 atom stereocenters. The molecule has 6 heteroatoms. The van der Waals surface area contributed by atoms with Crippen LogP contribution < -0.4 is 9.80 Å². The van der Waals surface area contributed by atoms with Crippen LogP contribution in [0.2, 0.25) is 0 Å². The number of piperidine rings is 1. The largest absolute Gasteiger partial charge is 0.356 e. The summed E-state index contributed by atoms with van der Waals surface area (Å²) in [5.74, 6) is 3.87. The van der Waals surface area contributed by atoms with Crippen LogP contribution in [0.25, 0.3) is 0 Å². The number of anilines is 2. The van der Waals surface area contributed by atoms with Crippen molar-refractivity contribution in [1.29, 1.82) is 0 Å². The summed E-state index contributed by atoms with van der Waals surface area (Å²) in [6.07, 6.45) is 12.4. The van der Waals surface area contributed by atoms with Crippen LogP contribution in [0.4, 0.5) is 11.6 Å². The van der Waals surface area contributed by atoms with Gasteiger partial charge in [0.05, 0.1) is 0 Å². The molecule has 0 amide bonds. The predicted octanol–water partition coefficient (Wildman–Crippen LogP) is 3.48. The lowest BCUT2D eigenvalue weighted by Crippen LogP contribution is -2.46. The highest BCUT2D eigenvalue weighted by Gasteiger charge is 2.36. The zero-order valence-electron chi connectivity index (χ0n) is 16.1. The number of nitrogens with zero attached hydrogens (tertiary/aromatic N) is 6. The highest BCUT2D eigenvalue weighted by atomic mass is 15.3. The van der Waals surface area contributed by atoms with Crippen molar-refractivity contribution >= 4 is 11.6 Å². The second-order valence-electron chi connectivity index (χ2n) is 8.28. The Hall–Kier alpha value is -2.24. The van der Waals surface area contributed by atoms with E-state index in [1.807, 2.05) is 13.1 Å². The Bertz CT molecular complexity index is 793. The molecular formula is C21H28N6. The van der Waals surface area contributed by atoms with Crippen LogP contribution in [-0.2, 0) is 0 Å². The van der Waals surface area contributed by atoms with Gasteiger partial charge in [-0.05, 0) is 51.5 Å². The van der Waals surface area contributed by atoms with Crippen LogP contribution in [0.5, 0.6) is 0 Å². The van der Waals surface area contributed by atoms with E-state index in [9.17, 15) is 0 Å². The standard InChI is InChI=1S/C21H28N6/c1-15-13-20(24-14-23-15)27(17-5-6-17)18-8-11-26(12-9-18)19-7-10-22-21(25-19)16-3-2-4-16/h7,10,13-14,16-18H,2-6,8-9,11-12H2,1H3. The van der Waals surface area contributed by atoms with Gasteiger partial charge in [0.25, 0.3) is 0 Å². The van der Waals surface area contributed by atoms with Crippen LogP contribution in [0.15, 0.2) is 24.7 Å². The molecule has 0 spiro atoms. The lowest BCUT2D eigenvalue weighted by molar-refractivity contribution is 0.400. The van der Waals surface area contributed by atoms with Gasteiger partial charge in [-0.3, -0.25) is 0 Å². The van der Waals surface area contributed by atoms with Crippen molar-refractivity contribution in [3.05, 3.63) is 36.2 Å². The van der Waals surface area contributed by atoms with E-state index < -0.39 is 0 Å². The summed E-state index contributed by atoms with van der Waals surface area (Å²) in [5.41, 5.74) is 1.05. The molecule has 3 heterocycles. The molecule has 1 saturated heterocycles. The van der Waals surface area contributed by atoms with Crippen LogP contribution in [0.1, 0.15) is 62.4 Å². The molecule has 2 aliphatic carbocycles. The van der Waals surface area contributed by atoms with Gasteiger partial charge in [-0.1, -0.05) is 6.42 Å². The molecule has 2 aromatic rings. The SMILES string of the molecule is Cc1cc(N(C2CC2)C2CCN(c3ccnc(C4CCC4)n3)CC2)ncn1. The number of aryl methyl sites for hydroxylation is 1. The molecule has 3 fully saturated rings. The van der Waals surface area contributed by atoms with Crippen LogP contribution in [0, 0.1) is 6.92 Å². The Morgan fingerprint density at radius 1 is 0.963 bits per heavy atom. The maximum atomic E-state index is 4.89. The van der Waals surface area contributed by atoms with E-state index in [-0.39, 0.29) is 0 Å². The van der Waals surface area contributed by atoms with E-state index in [1.165, 1.54) is 32.1 Å². The fraction of sp³-hybridized carbons (Fsp3) is 0.619. The summed E-state index contributed by atoms with van der Waals surface area (Å²) >= 11 is 0. The number of hydrogen-bond acceptors (Lipinski definition) is 6. The fourth-order valence-corrected chi connectivity index (χ4v) is 4.38. The zero-order chi connectivity index (χ0) is 18.2. The van der Waals surface area contributed by atoms with Gasteiger partial charge in [-0.2, -0.15) is 0 Å². The Labute approximate surface area is 161 Å². The zero-order valence-corrected chi connectivity index (χ0v) is 16.1. The second-order valence-corrected chi connectivity index (χ2v) is 8.28. The summed E-state index contributed by atoms with van der Waals surface area (Å²) in [5, 5.41) is 0. The summed E-state index contributed by atoms with van der Waals surface area (Å²) in [6, 6.07) is 5.45. The topological polar surface area (TPSA) is 58.0 Å². The molecule has 6 nitrogen and oxygen atoms in total.